The summed E-state index contributed by atoms with van der Waals surface area (Å²) in [5.41, 5.74) is 0. The summed E-state index contributed by atoms with van der Waals surface area (Å²) in [4.78, 5) is 11.4. The van der Waals surface area contributed by atoms with Gasteiger partial charge in [-0.2, -0.15) is 0 Å². The molecule has 0 bridgehead atoms. The van der Waals surface area contributed by atoms with Gasteiger partial charge in [-0.3, -0.25) is 4.79 Å². The predicted octanol–water partition coefficient (Wildman–Crippen LogP) is 3.88. The standard InChI is InChI=1S/C15H31O4P/c1-3-5-7-10-18-12-14-20(17)13-9-15(16)19-11-8-6-4-2/h20H,3-14H2,1-2H3. The molecule has 0 amide bonds. The van der Waals surface area contributed by atoms with Crippen molar-refractivity contribution in [3.8, 4) is 0 Å². The first-order valence-electron chi connectivity index (χ1n) is 7.95. The van der Waals surface area contributed by atoms with Crippen molar-refractivity contribution in [3.05, 3.63) is 0 Å². The number of esters is 1. The van der Waals surface area contributed by atoms with E-state index >= 15 is 0 Å². The minimum absolute atomic E-state index is 0.219. The van der Waals surface area contributed by atoms with Gasteiger partial charge in [-0.05, 0) is 12.8 Å². The Morgan fingerprint density at radius 1 is 0.900 bits per heavy atom. The van der Waals surface area contributed by atoms with E-state index in [0.29, 0.717) is 25.5 Å². The van der Waals surface area contributed by atoms with Crippen LogP contribution < -0.4 is 0 Å². The quantitative estimate of drug-likeness (QED) is 0.278. The maximum absolute atomic E-state index is 11.7. The summed E-state index contributed by atoms with van der Waals surface area (Å²) in [7, 11) is -1.69. The number of carbonyl (C=O) groups excluding carboxylic acids is 1. The van der Waals surface area contributed by atoms with Crippen molar-refractivity contribution in [2.75, 3.05) is 32.1 Å². The third-order valence-electron chi connectivity index (χ3n) is 3.04. The summed E-state index contributed by atoms with van der Waals surface area (Å²) in [5.74, 6) is -0.219. The number of hydrogen-bond acceptors (Lipinski definition) is 4. The Hall–Kier alpha value is -0.340. The number of hydrogen-bond donors (Lipinski definition) is 0. The van der Waals surface area contributed by atoms with E-state index in [4.69, 9.17) is 9.47 Å². The highest BCUT2D eigenvalue weighted by atomic mass is 31.1. The summed E-state index contributed by atoms with van der Waals surface area (Å²) in [5, 5.41) is 0. The minimum atomic E-state index is -1.69. The van der Waals surface area contributed by atoms with E-state index in [1.165, 1.54) is 12.8 Å². The van der Waals surface area contributed by atoms with E-state index in [2.05, 4.69) is 13.8 Å². The van der Waals surface area contributed by atoms with Gasteiger partial charge >= 0.3 is 5.97 Å². The maximum atomic E-state index is 11.7. The van der Waals surface area contributed by atoms with Crippen molar-refractivity contribution in [1.29, 1.82) is 0 Å². The molecule has 0 aliphatic rings. The Bertz CT molecular complexity index is 256. The zero-order valence-electron chi connectivity index (χ0n) is 13.1. The zero-order chi connectivity index (χ0) is 15.1. The van der Waals surface area contributed by atoms with Crippen LogP contribution in [0.5, 0.6) is 0 Å². The molecule has 0 aromatic heterocycles. The molecule has 5 heteroatoms. The fourth-order valence-corrected chi connectivity index (χ4v) is 2.82. The van der Waals surface area contributed by atoms with Gasteiger partial charge in [0.1, 0.15) is 0 Å². The van der Waals surface area contributed by atoms with E-state index in [0.717, 1.165) is 32.3 Å². The molecule has 120 valence electrons. The SMILES string of the molecule is CCCCCOCC[PH](=O)CCC(=O)OCCCCC. The summed E-state index contributed by atoms with van der Waals surface area (Å²) in [6.45, 7) is 6.06. The van der Waals surface area contributed by atoms with Crippen LogP contribution in [-0.2, 0) is 18.8 Å². The van der Waals surface area contributed by atoms with E-state index in [-0.39, 0.29) is 12.4 Å². The van der Waals surface area contributed by atoms with Crippen molar-refractivity contribution in [1.82, 2.24) is 0 Å². The fraction of sp³-hybridized carbons (Fsp3) is 0.933. The lowest BCUT2D eigenvalue weighted by Crippen LogP contribution is -2.07. The van der Waals surface area contributed by atoms with Crippen LogP contribution in [0, 0.1) is 0 Å². The molecular weight excluding hydrogens is 275 g/mol. The highest BCUT2D eigenvalue weighted by Crippen LogP contribution is 2.21. The molecule has 0 aliphatic carbocycles. The van der Waals surface area contributed by atoms with Crippen molar-refractivity contribution < 1.29 is 18.8 Å². The average Bonchev–Trinajstić information content (AvgIpc) is 2.45. The van der Waals surface area contributed by atoms with Crippen LogP contribution >= 0.6 is 7.80 Å². The van der Waals surface area contributed by atoms with Crippen molar-refractivity contribution in [2.24, 2.45) is 0 Å². The Labute approximate surface area is 124 Å². The van der Waals surface area contributed by atoms with Gasteiger partial charge in [-0.1, -0.05) is 39.5 Å². The van der Waals surface area contributed by atoms with Gasteiger partial charge in [-0.25, -0.2) is 0 Å². The maximum Gasteiger partial charge on any atom is 0.306 e. The fourth-order valence-electron chi connectivity index (χ4n) is 1.72. The topological polar surface area (TPSA) is 52.6 Å². The minimum Gasteiger partial charge on any atom is -0.466 e. The Morgan fingerprint density at radius 2 is 1.55 bits per heavy atom. The Morgan fingerprint density at radius 3 is 2.20 bits per heavy atom. The second-order valence-electron chi connectivity index (χ2n) is 5.04. The van der Waals surface area contributed by atoms with Gasteiger partial charge < -0.3 is 14.0 Å². The van der Waals surface area contributed by atoms with E-state index in [1.54, 1.807) is 0 Å². The second kappa shape index (κ2) is 15.1. The van der Waals surface area contributed by atoms with Crippen LogP contribution in [0.1, 0.15) is 58.8 Å². The summed E-state index contributed by atoms with van der Waals surface area (Å²) in [6, 6.07) is 0. The van der Waals surface area contributed by atoms with Gasteiger partial charge in [0.15, 0.2) is 0 Å². The third-order valence-corrected chi connectivity index (χ3v) is 4.61. The second-order valence-corrected chi connectivity index (χ2v) is 7.11. The van der Waals surface area contributed by atoms with Crippen LogP contribution in [0.2, 0.25) is 0 Å². The normalized spacial score (nSPS) is 12.3. The molecule has 4 nitrogen and oxygen atoms in total. The Balaban J connectivity index is 3.36. The molecule has 0 rings (SSSR count). The smallest absolute Gasteiger partial charge is 0.306 e. The van der Waals surface area contributed by atoms with E-state index in [1.807, 2.05) is 0 Å². The average molecular weight is 306 g/mol. The highest BCUT2D eigenvalue weighted by molar-refractivity contribution is 7.44. The molecule has 0 saturated carbocycles. The number of ether oxygens (including phenoxy) is 2. The predicted molar refractivity (Wildman–Crippen MR) is 84.2 cm³/mol. The first kappa shape index (κ1) is 19.7. The third kappa shape index (κ3) is 14.1. The molecular formula is C15H31O4P. The lowest BCUT2D eigenvalue weighted by atomic mass is 10.3. The van der Waals surface area contributed by atoms with Crippen LogP contribution in [-0.4, -0.2) is 38.1 Å². The van der Waals surface area contributed by atoms with Gasteiger partial charge in [-0.15, -0.1) is 0 Å². The lowest BCUT2D eigenvalue weighted by Gasteiger charge is -2.05. The molecule has 0 aromatic rings. The molecule has 1 atom stereocenters. The van der Waals surface area contributed by atoms with E-state index < -0.39 is 7.80 Å². The molecule has 1 unspecified atom stereocenters. The first-order valence-corrected chi connectivity index (χ1v) is 9.78. The van der Waals surface area contributed by atoms with E-state index in [9.17, 15) is 9.36 Å². The van der Waals surface area contributed by atoms with Crippen molar-refractivity contribution in [2.45, 2.75) is 58.8 Å². The zero-order valence-corrected chi connectivity index (χ0v) is 14.1. The molecule has 0 saturated heterocycles. The van der Waals surface area contributed by atoms with Gasteiger partial charge in [0.2, 0.25) is 0 Å². The molecule has 0 spiro atoms. The van der Waals surface area contributed by atoms with Gasteiger partial charge in [0.25, 0.3) is 0 Å². The molecule has 0 heterocycles. The molecule has 0 radical (unpaired) electrons. The largest absolute Gasteiger partial charge is 0.466 e. The van der Waals surface area contributed by atoms with Crippen LogP contribution in [0.3, 0.4) is 0 Å². The summed E-state index contributed by atoms with van der Waals surface area (Å²) < 4.78 is 22.2. The Kier molecular flexibility index (Phi) is 14.8. The molecule has 20 heavy (non-hydrogen) atoms. The summed E-state index contributed by atoms with van der Waals surface area (Å²) in [6.07, 6.45) is 7.86. The number of rotatable bonds is 14. The molecule has 0 fully saturated rings. The van der Waals surface area contributed by atoms with Crippen molar-refractivity contribution in [3.63, 3.8) is 0 Å². The van der Waals surface area contributed by atoms with Crippen LogP contribution in [0.25, 0.3) is 0 Å². The summed E-state index contributed by atoms with van der Waals surface area (Å²) >= 11 is 0. The van der Waals surface area contributed by atoms with Gasteiger partial charge in [0.05, 0.1) is 27.4 Å². The highest BCUT2D eigenvalue weighted by Gasteiger charge is 2.06. The van der Waals surface area contributed by atoms with Gasteiger partial charge in [0, 0.05) is 18.9 Å². The molecule has 0 aliphatic heterocycles. The lowest BCUT2D eigenvalue weighted by molar-refractivity contribution is -0.143. The number of unbranched alkanes of at least 4 members (excludes halogenated alkanes) is 4. The number of carbonyl (C=O) groups is 1. The monoisotopic (exact) mass is 306 g/mol. The first-order chi connectivity index (χ1) is 9.70. The van der Waals surface area contributed by atoms with Crippen LogP contribution in [0.15, 0.2) is 0 Å². The van der Waals surface area contributed by atoms with Crippen LogP contribution in [0.4, 0.5) is 0 Å². The molecule has 0 aromatic carbocycles. The molecule has 0 N–H and O–H groups in total. The van der Waals surface area contributed by atoms with Crippen molar-refractivity contribution >= 4 is 13.8 Å².